The molecule has 0 amide bonds. The summed E-state index contributed by atoms with van der Waals surface area (Å²) >= 11 is 1.84. The van der Waals surface area contributed by atoms with Crippen molar-refractivity contribution in [2.75, 3.05) is 0 Å². The normalized spacial score (nSPS) is 12.5. The fourth-order valence-corrected chi connectivity index (χ4v) is 10.9. The molecule has 0 saturated carbocycles. The van der Waals surface area contributed by atoms with Crippen LogP contribution >= 0.6 is 11.8 Å². The lowest BCUT2D eigenvalue weighted by Crippen LogP contribution is -1.88. The standard InChI is InChI=1S/C58H46N4S/c1-35-7-11-37(12-8-35)15-17-39-19-23-43-47-31-57-49(33-55(47)59(3)51(43)27-39)45-25-21-41(29-53(45)61(57)5)63-42-22-26-46-50-34-56-48(32-58(50)62(6)54(46)30-42)44-24-20-40(28-52(44)60(56)4)18-16-38-13-9-36(2)10-14-38/h7-34H,1-6H3/b17-15+,18-16+. The third kappa shape index (κ3) is 6.06. The van der Waals surface area contributed by atoms with E-state index in [-0.39, 0.29) is 0 Å². The van der Waals surface area contributed by atoms with Crippen LogP contribution in [-0.2, 0) is 28.2 Å². The number of rotatable bonds is 6. The van der Waals surface area contributed by atoms with E-state index < -0.39 is 0 Å². The van der Waals surface area contributed by atoms with E-state index >= 15 is 0 Å². The van der Waals surface area contributed by atoms with E-state index in [4.69, 9.17) is 0 Å². The van der Waals surface area contributed by atoms with Crippen LogP contribution in [-0.4, -0.2) is 18.3 Å². The van der Waals surface area contributed by atoms with Crippen LogP contribution in [0.2, 0.25) is 0 Å². The highest BCUT2D eigenvalue weighted by Gasteiger charge is 2.18. The lowest BCUT2D eigenvalue weighted by Gasteiger charge is -2.05. The Morgan fingerprint density at radius 3 is 0.905 bits per heavy atom. The minimum Gasteiger partial charge on any atom is -0.344 e. The van der Waals surface area contributed by atoms with Gasteiger partial charge in [-0.15, -0.1) is 0 Å². The molecule has 0 fully saturated rings. The predicted molar refractivity (Wildman–Crippen MR) is 273 cm³/mol. The third-order valence-electron chi connectivity index (χ3n) is 13.6. The smallest absolute Gasteiger partial charge is 0.0500 e. The van der Waals surface area contributed by atoms with Gasteiger partial charge in [0.2, 0.25) is 0 Å². The lowest BCUT2D eigenvalue weighted by molar-refractivity contribution is 1.01. The first kappa shape index (κ1) is 37.5. The Bertz CT molecular complexity index is 3660. The highest BCUT2D eigenvalue weighted by Crippen LogP contribution is 2.41. The zero-order chi connectivity index (χ0) is 42.7. The number of benzene rings is 8. The average molecular weight is 831 g/mol. The molecule has 0 saturated heterocycles. The van der Waals surface area contributed by atoms with E-state index in [9.17, 15) is 0 Å². The van der Waals surface area contributed by atoms with Gasteiger partial charge < -0.3 is 18.3 Å². The van der Waals surface area contributed by atoms with Crippen molar-refractivity contribution in [3.8, 4) is 0 Å². The molecule has 63 heavy (non-hydrogen) atoms. The van der Waals surface area contributed by atoms with E-state index in [1.165, 1.54) is 130 Å². The molecule has 0 aliphatic rings. The van der Waals surface area contributed by atoms with Crippen molar-refractivity contribution < 1.29 is 0 Å². The van der Waals surface area contributed by atoms with Gasteiger partial charge in [0.15, 0.2) is 0 Å². The minimum absolute atomic E-state index is 1.20. The van der Waals surface area contributed by atoms with Gasteiger partial charge >= 0.3 is 0 Å². The number of hydrogen-bond donors (Lipinski definition) is 0. The van der Waals surface area contributed by atoms with Gasteiger partial charge in [0.05, 0.1) is 0 Å². The molecule has 8 aromatic carbocycles. The van der Waals surface area contributed by atoms with E-state index in [1.54, 1.807) is 0 Å². The van der Waals surface area contributed by atoms with Crippen LogP contribution in [0, 0.1) is 13.8 Å². The van der Waals surface area contributed by atoms with Crippen LogP contribution in [0.15, 0.2) is 155 Å². The molecular formula is C58H46N4S. The molecule has 0 bridgehead atoms. The van der Waals surface area contributed by atoms with Gasteiger partial charge in [0.1, 0.15) is 0 Å². The van der Waals surface area contributed by atoms with E-state index in [2.05, 4.69) is 230 Å². The molecule has 304 valence electrons. The summed E-state index contributed by atoms with van der Waals surface area (Å²) < 4.78 is 9.45. The first-order chi connectivity index (χ1) is 30.6. The van der Waals surface area contributed by atoms with Gasteiger partial charge in [0, 0.05) is 125 Å². The van der Waals surface area contributed by atoms with Crippen molar-refractivity contribution in [2.24, 2.45) is 28.2 Å². The quantitative estimate of drug-likeness (QED) is 0.153. The zero-order valence-electron chi connectivity index (χ0n) is 36.4. The summed E-state index contributed by atoms with van der Waals surface area (Å²) in [5.74, 6) is 0. The Labute approximate surface area is 370 Å². The molecule has 4 nitrogen and oxygen atoms in total. The Hall–Kier alpha value is -7.21. The lowest BCUT2D eigenvalue weighted by atomic mass is 10.1. The third-order valence-corrected chi connectivity index (χ3v) is 14.6. The monoisotopic (exact) mass is 830 g/mol. The number of hydrogen-bond acceptors (Lipinski definition) is 1. The molecule has 0 spiro atoms. The Kier molecular flexibility index (Phi) is 8.44. The molecule has 0 aliphatic carbocycles. The van der Waals surface area contributed by atoms with Crippen molar-refractivity contribution >= 4 is 123 Å². The van der Waals surface area contributed by atoms with Gasteiger partial charge in [-0.2, -0.15) is 0 Å². The fraction of sp³-hybridized carbons (Fsp3) is 0.103. The van der Waals surface area contributed by atoms with Crippen LogP contribution in [0.4, 0.5) is 0 Å². The van der Waals surface area contributed by atoms with E-state index in [1.807, 2.05) is 11.8 Å². The number of fused-ring (bicyclic) bond motifs is 12. The molecule has 4 heterocycles. The highest BCUT2D eigenvalue weighted by molar-refractivity contribution is 7.99. The maximum Gasteiger partial charge on any atom is 0.0500 e. The molecule has 0 atom stereocenters. The fourth-order valence-electron chi connectivity index (χ4n) is 10.00. The number of aromatic nitrogens is 4. The second kappa shape index (κ2) is 14.2. The van der Waals surface area contributed by atoms with Crippen molar-refractivity contribution in [1.82, 2.24) is 18.3 Å². The molecule has 12 aromatic rings. The van der Waals surface area contributed by atoms with Crippen LogP contribution in [0.5, 0.6) is 0 Å². The van der Waals surface area contributed by atoms with Crippen molar-refractivity contribution in [3.63, 3.8) is 0 Å². The zero-order valence-corrected chi connectivity index (χ0v) is 37.2. The second-order valence-electron chi connectivity index (χ2n) is 17.5. The second-order valence-corrected chi connectivity index (χ2v) is 18.7. The maximum absolute atomic E-state index is 2.39. The van der Waals surface area contributed by atoms with Gasteiger partial charge in [-0.05, 0) is 96.8 Å². The van der Waals surface area contributed by atoms with Crippen molar-refractivity contribution in [2.45, 2.75) is 23.6 Å². The summed E-state index contributed by atoms with van der Waals surface area (Å²) in [6, 6.07) is 54.5. The first-order valence-corrected chi connectivity index (χ1v) is 22.5. The molecule has 5 heteroatoms. The van der Waals surface area contributed by atoms with Crippen LogP contribution in [0.3, 0.4) is 0 Å². The van der Waals surface area contributed by atoms with Gasteiger partial charge in [0.25, 0.3) is 0 Å². The largest absolute Gasteiger partial charge is 0.344 e. The summed E-state index contributed by atoms with van der Waals surface area (Å²) in [7, 11) is 8.81. The SMILES string of the molecule is Cc1ccc(/C=C/c2ccc3c4cc5c(cc4n(C)c3c2)c2ccc(Sc3ccc4c6cc7c(cc6n(C)c4c3)c3ccc(/C=C/c4ccc(C)cc4)cc3n7C)cc2n5C)cc1. The van der Waals surface area contributed by atoms with Crippen LogP contribution in [0.1, 0.15) is 33.4 Å². The maximum atomic E-state index is 2.39. The summed E-state index contributed by atoms with van der Waals surface area (Å²) in [4.78, 5) is 2.47. The number of nitrogens with zero attached hydrogens (tertiary/aromatic N) is 4. The summed E-state index contributed by atoms with van der Waals surface area (Å²) in [5.41, 5.74) is 17.4. The Balaban J connectivity index is 0.860. The summed E-state index contributed by atoms with van der Waals surface area (Å²) in [6.45, 7) is 4.25. The summed E-state index contributed by atoms with van der Waals surface area (Å²) in [5, 5.41) is 10.3. The van der Waals surface area contributed by atoms with E-state index in [0.29, 0.717) is 0 Å². The van der Waals surface area contributed by atoms with Crippen molar-refractivity contribution in [3.05, 3.63) is 179 Å². The molecule has 0 radical (unpaired) electrons. The minimum atomic E-state index is 1.20. The van der Waals surface area contributed by atoms with Crippen LogP contribution < -0.4 is 0 Å². The predicted octanol–water partition coefficient (Wildman–Crippen LogP) is 15.4. The molecule has 12 rings (SSSR count). The van der Waals surface area contributed by atoms with Crippen LogP contribution in [0.25, 0.3) is 112 Å². The Morgan fingerprint density at radius 2 is 0.556 bits per heavy atom. The average Bonchev–Trinajstić information content (AvgIpc) is 3.94. The summed E-state index contributed by atoms with van der Waals surface area (Å²) in [6.07, 6.45) is 8.82. The number of aryl methyl sites for hydroxylation is 6. The molecular weight excluding hydrogens is 785 g/mol. The molecule has 4 aromatic heterocycles. The van der Waals surface area contributed by atoms with E-state index in [0.717, 1.165) is 0 Å². The molecule has 0 unspecified atom stereocenters. The first-order valence-electron chi connectivity index (χ1n) is 21.7. The highest BCUT2D eigenvalue weighted by atomic mass is 32.2. The van der Waals surface area contributed by atoms with Gasteiger partial charge in [-0.25, -0.2) is 0 Å². The topological polar surface area (TPSA) is 19.7 Å². The Morgan fingerprint density at radius 1 is 0.286 bits per heavy atom. The van der Waals surface area contributed by atoms with Crippen molar-refractivity contribution in [1.29, 1.82) is 0 Å². The molecule has 0 aliphatic heterocycles. The molecule has 0 N–H and O–H groups in total. The van der Waals surface area contributed by atoms with Gasteiger partial charge in [-0.1, -0.05) is 132 Å². The van der Waals surface area contributed by atoms with Gasteiger partial charge in [-0.3, -0.25) is 0 Å².